The molecule has 0 saturated heterocycles. The highest BCUT2D eigenvalue weighted by atomic mass is 31.2. The molecule has 0 amide bonds. The molecule has 2 heterocycles. The molecule has 1 aromatic carbocycles. The highest BCUT2D eigenvalue weighted by Gasteiger charge is 2.31. The quantitative estimate of drug-likeness (QED) is 0.0548. The van der Waals surface area contributed by atoms with Gasteiger partial charge in [0.05, 0.1) is 43.7 Å². The minimum Gasteiger partial charge on any atom is -0.382 e. The molecule has 3 atom stereocenters. The summed E-state index contributed by atoms with van der Waals surface area (Å²) >= 11 is 0. The number of hydrogen-bond donors (Lipinski definition) is 2. The molecular formula is C37H57FN5O7P. The molecule has 3 N–H and O–H groups in total. The van der Waals surface area contributed by atoms with Gasteiger partial charge in [0, 0.05) is 25.0 Å². The third-order valence-corrected chi connectivity index (χ3v) is 9.95. The number of phosphoric acid groups is 1. The first-order chi connectivity index (χ1) is 24.6. The van der Waals surface area contributed by atoms with E-state index in [9.17, 15) is 13.8 Å². The summed E-state index contributed by atoms with van der Waals surface area (Å²) in [5.41, 5.74) is 7.00. The molecule has 2 aromatic heterocycles. The molecule has 3 rings (SSSR count). The summed E-state index contributed by atoms with van der Waals surface area (Å²) in [7, 11) is -3.04. The van der Waals surface area contributed by atoms with Gasteiger partial charge in [-0.2, -0.15) is 10.4 Å². The van der Waals surface area contributed by atoms with Crippen molar-refractivity contribution in [1.29, 1.82) is 5.26 Å². The summed E-state index contributed by atoms with van der Waals surface area (Å²) in [4.78, 5) is 14.6. The first-order valence-electron chi connectivity index (χ1n) is 18.2. The van der Waals surface area contributed by atoms with Gasteiger partial charge in [-0.05, 0) is 50.5 Å². The number of halogens is 1. The van der Waals surface area contributed by atoms with Crippen LogP contribution in [0.1, 0.15) is 114 Å². The Labute approximate surface area is 302 Å². The molecule has 3 aromatic rings. The average molecular weight is 734 g/mol. The fourth-order valence-electron chi connectivity index (χ4n) is 5.60. The van der Waals surface area contributed by atoms with Crippen molar-refractivity contribution in [2.24, 2.45) is 0 Å². The molecule has 14 heteroatoms. The second kappa shape index (κ2) is 22.9. The summed E-state index contributed by atoms with van der Waals surface area (Å²) in [6, 6.07) is 9.74. The lowest BCUT2D eigenvalue weighted by Gasteiger charge is -2.29. The Kier molecular flexibility index (Phi) is 19.0. The maximum atomic E-state index is 14.5. The molecule has 1 unspecified atom stereocenters. The number of nitrogen functional groups attached to an aromatic ring is 1. The number of aromatic nitrogens is 3. The van der Waals surface area contributed by atoms with Crippen molar-refractivity contribution in [2.45, 2.75) is 122 Å². The van der Waals surface area contributed by atoms with Crippen LogP contribution in [0.2, 0.25) is 0 Å². The Balaban J connectivity index is 1.44. The summed E-state index contributed by atoms with van der Waals surface area (Å²) in [5.74, 6) is -0.211. The number of ether oxygens (including phenoxy) is 3. The van der Waals surface area contributed by atoms with Crippen LogP contribution < -0.4 is 5.73 Å². The number of aryl methyl sites for hydroxylation is 1. The van der Waals surface area contributed by atoms with E-state index in [4.69, 9.17) is 34.3 Å². The molecule has 0 aliphatic heterocycles. The van der Waals surface area contributed by atoms with Crippen LogP contribution in [0.5, 0.6) is 0 Å². The standard InChI is InChI=1S/C37H57FN5O7P/c1-4-5-6-7-8-9-10-11-12-13-14-15-22-47-26-33(48-25-31-17-16-30(24-39)23-34(31)38)27-49-51(44,45)50-28-37(2,46-3)21-20-32-18-19-35-36(40)41-29-42-43(32)35/h16-19,23,29,33H,4-15,20-22,25-28H2,1-3H3,(H,44,45)(H2,40,41,42)/t33-,37+/m1/s1. The van der Waals surface area contributed by atoms with Crippen molar-refractivity contribution in [2.75, 3.05) is 39.3 Å². The summed E-state index contributed by atoms with van der Waals surface area (Å²) in [6.45, 7) is 3.89. The molecule has 12 nitrogen and oxygen atoms in total. The van der Waals surface area contributed by atoms with Crippen LogP contribution >= 0.6 is 7.82 Å². The van der Waals surface area contributed by atoms with Crippen LogP contribution in [0.15, 0.2) is 36.7 Å². The van der Waals surface area contributed by atoms with Gasteiger partial charge in [0.2, 0.25) is 0 Å². The Morgan fingerprint density at radius 1 is 1.02 bits per heavy atom. The van der Waals surface area contributed by atoms with E-state index in [-0.39, 0.29) is 37.6 Å². The number of benzene rings is 1. The zero-order chi connectivity index (χ0) is 37.0. The number of nitrogens with zero attached hydrogens (tertiary/aromatic N) is 4. The van der Waals surface area contributed by atoms with Crippen molar-refractivity contribution < 1.29 is 37.1 Å². The molecule has 0 spiro atoms. The Morgan fingerprint density at radius 3 is 2.35 bits per heavy atom. The fourth-order valence-corrected chi connectivity index (χ4v) is 6.47. The largest absolute Gasteiger partial charge is 0.472 e. The second-order valence-corrected chi connectivity index (χ2v) is 14.7. The van der Waals surface area contributed by atoms with E-state index < -0.39 is 25.3 Å². The fraction of sp³-hybridized carbons (Fsp3) is 0.649. The molecule has 0 radical (unpaired) electrons. The molecule has 284 valence electrons. The van der Waals surface area contributed by atoms with E-state index in [0.717, 1.165) is 31.0 Å². The van der Waals surface area contributed by atoms with Gasteiger partial charge in [-0.25, -0.2) is 18.5 Å². The van der Waals surface area contributed by atoms with Crippen LogP contribution in [0.3, 0.4) is 0 Å². The highest BCUT2D eigenvalue weighted by molar-refractivity contribution is 7.47. The van der Waals surface area contributed by atoms with E-state index in [1.54, 1.807) is 11.4 Å². The van der Waals surface area contributed by atoms with Crippen LogP contribution in [0.25, 0.3) is 5.52 Å². The number of fused-ring (bicyclic) bond motifs is 1. The van der Waals surface area contributed by atoms with E-state index in [0.29, 0.717) is 30.8 Å². The topological polar surface area (TPSA) is 163 Å². The Hall–Kier alpha value is -2.95. The predicted octanol–water partition coefficient (Wildman–Crippen LogP) is 8.10. The zero-order valence-corrected chi connectivity index (χ0v) is 31.5. The van der Waals surface area contributed by atoms with Gasteiger partial charge in [0.25, 0.3) is 0 Å². The molecular weight excluding hydrogens is 676 g/mol. The van der Waals surface area contributed by atoms with E-state index in [1.807, 2.05) is 18.2 Å². The third-order valence-electron chi connectivity index (χ3n) is 9.02. The Bertz CT molecular complexity index is 1540. The number of nitrogens with two attached hydrogens (primary N) is 1. The SMILES string of the molecule is CCCCCCCCCCCCCCOC[C@H](COP(=O)(O)OC[C@](C)(CCc1ccc2c(N)ncnn12)OC)OCc1ccc(C#N)cc1F. The maximum Gasteiger partial charge on any atom is 0.472 e. The van der Waals surface area contributed by atoms with Gasteiger partial charge in [0.15, 0.2) is 5.82 Å². The number of hydrogen-bond acceptors (Lipinski definition) is 10. The number of phosphoric ester groups is 1. The summed E-state index contributed by atoms with van der Waals surface area (Å²) in [6.07, 6.45) is 16.4. The monoisotopic (exact) mass is 733 g/mol. The number of anilines is 1. The van der Waals surface area contributed by atoms with E-state index in [2.05, 4.69) is 17.0 Å². The summed E-state index contributed by atoms with van der Waals surface area (Å²) in [5, 5.41) is 13.3. The molecule has 0 bridgehead atoms. The highest BCUT2D eigenvalue weighted by Crippen LogP contribution is 2.44. The van der Waals surface area contributed by atoms with E-state index in [1.165, 1.54) is 83.4 Å². The second-order valence-electron chi connectivity index (χ2n) is 13.3. The zero-order valence-electron chi connectivity index (χ0n) is 30.6. The van der Waals surface area contributed by atoms with Crippen molar-refractivity contribution in [3.8, 4) is 6.07 Å². The van der Waals surface area contributed by atoms with Gasteiger partial charge >= 0.3 is 7.82 Å². The lowest BCUT2D eigenvalue weighted by atomic mass is 10.00. The van der Waals surface area contributed by atoms with Crippen LogP contribution in [0.4, 0.5) is 10.2 Å². The van der Waals surface area contributed by atoms with Gasteiger partial charge in [0.1, 0.15) is 23.8 Å². The van der Waals surface area contributed by atoms with Crippen molar-refractivity contribution in [3.05, 3.63) is 59.3 Å². The summed E-state index contributed by atoms with van der Waals surface area (Å²) < 4.78 is 57.3. The van der Waals surface area contributed by atoms with Crippen LogP contribution in [-0.2, 0) is 40.9 Å². The normalized spacial score (nSPS) is 14.7. The lowest BCUT2D eigenvalue weighted by molar-refractivity contribution is -0.0619. The first-order valence-corrected chi connectivity index (χ1v) is 19.7. The molecule has 0 fully saturated rings. The number of rotatable bonds is 28. The van der Waals surface area contributed by atoms with Gasteiger partial charge in [-0.3, -0.25) is 9.05 Å². The molecule has 0 aliphatic carbocycles. The van der Waals surface area contributed by atoms with Gasteiger partial charge < -0.3 is 24.8 Å². The smallest absolute Gasteiger partial charge is 0.382 e. The van der Waals surface area contributed by atoms with Gasteiger partial charge in [-0.15, -0.1) is 0 Å². The minimum atomic E-state index is -4.54. The first kappa shape index (κ1) is 42.5. The van der Waals surface area contributed by atoms with E-state index >= 15 is 0 Å². The van der Waals surface area contributed by atoms with Crippen LogP contribution in [-0.4, -0.2) is 64.7 Å². The van der Waals surface area contributed by atoms with Crippen molar-refractivity contribution >= 4 is 19.2 Å². The third kappa shape index (κ3) is 15.7. The number of methoxy groups -OCH3 is 1. The molecule has 0 aliphatic rings. The Morgan fingerprint density at radius 2 is 1.71 bits per heavy atom. The molecule has 0 saturated carbocycles. The predicted molar refractivity (Wildman–Crippen MR) is 194 cm³/mol. The van der Waals surface area contributed by atoms with Crippen LogP contribution in [0, 0.1) is 17.1 Å². The lowest BCUT2D eigenvalue weighted by Crippen LogP contribution is -2.34. The van der Waals surface area contributed by atoms with Crippen molar-refractivity contribution in [3.63, 3.8) is 0 Å². The number of unbranched alkanes of at least 4 members (excludes halogenated alkanes) is 11. The average Bonchev–Trinajstić information content (AvgIpc) is 3.55. The maximum absolute atomic E-state index is 14.5. The molecule has 51 heavy (non-hydrogen) atoms. The van der Waals surface area contributed by atoms with Gasteiger partial charge in [-0.1, -0.05) is 83.6 Å². The van der Waals surface area contributed by atoms with Crippen molar-refractivity contribution in [1.82, 2.24) is 14.6 Å². The number of nitriles is 1. The minimum absolute atomic E-state index is 0.0745.